The Morgan fingerprint density at radius 1 is 0.875 bits per heavy atom. The van der Waals surface area contributed by atoms with Crippen LogP contribution in [0, 0.1) is 0 Å². The number of carboxylic acid groups (broad SMARTS) is 2. The minimum atomic E-state index is -1.12. The van der Waals surface area contributed by atoms with Gasteiger partial charge in [0.1, 0.15) is 0 Å². The van der Waals surface area contributed by atoms with Gasteiger partial charge in [-0.1, -0.05) is 18.2 Å². The Morgan fingerprint density at radius 2 is 1.38 bits per heavy atom. The summed E-state index contributed by atoms with van der Waals surface area (Å²) in [5.74, 6) is -3.13. The van der Waals surface area contributed by atoms with Crippen molar-refractivity contribution in [2.24, 2.45) is 0 Å². The molecule has 1 unspecified atom stereocenters. The summed E-state index contributed by atoms with van der Waals surface area (Å²) in [6.45, 7) is 0. The number of aromatic carboxylic acids is 1. The van der Waals surface area contributed by atoms with E-state index in [4.69, 9.17) is 5.11 Å². The number of aliphatic carboxylic acids is 1. The zero-order valence-electron chi connectivity index (χ0n) is 12.6. The van der Waals surface area contributed by atoms with E-state index in [0.717, 1.165) is 0 Å². The first kappa shape index (κ1) is 19.4. The van der Waals surface area contributed by atoms with Crippen molar-refractivity contribution in [2.75, 3.05) is 0 Å². The van der Waals surface area contributed by atoms with Gasteiger partial charge in [-0.15, -0.1) is 5.56 Å². The van der Waals surface area contributed by atoms with Gasteiger partial charge in [0.2, 0.25) is 0 Å². The maximum atomic E-state index is 11.4. The van der Waals surface area contributed by atoms with E-state index in [1.165, 1.54) is 12.1 Å². The topological polar surface area (TPSA) is 74.6 Å². The summed E-state index contributed by atoms with van der Waals surface area (Å²) < 4.78 is 0. The van der Waals surface area contributed by atoms with Crippen molar-refractivity contribution in [2.45, 2.75) is 5.92 Å². The number of carboxylic acids is 2. The largest absolute Gasteiger partial charge is 0.748 e. The summed E-state index contributed by atoms with van der Waals surface area (Å²) in [5, 5.41) is 18.4. The Morgan fingerprint density at radius 3 is 1.83 bits per heavy atom. The second-order valence-electron chi connectivity index (χ2n) is 4.84. The SMILES string of the molecule is O=C(O)c1ccccc1C(C(=O)O)[c-]1cccc1.[Fe].[cH-]1[cH-][cH-][cH-][cH-]1. The molecule has 24 heavy (non-hydrogen) atoms. The summed E-state index contributed by atoms with van der Waals surface area (Å²) in [6, 6.07) is 23.0. The van der Waals surface area contributed by atoms with Gasteiger partial charge in [0.15, 0.2) is 0 Å². The zero-order chi connectivity index (χ0) is 16.7. The van der Waals surface area contributed by atoms with Crippen molar-refractivity contribution in [1.29, 1.82) is 0 Å². The molecule has 0 saturated heterocycles. The molecule has 5 heteroatoms. The Balaban J connectivity index is 0.000000412. The molecule has 1 atom stereocenters. The molecule has 2 N–H and O–H groups in total. The first-order valence-corrected chi connectivity index (χ1v) is 7.04. The van der Waals surface area contributed by atoms with Gasteiger partial charge in [0.05, 0.1) is 11.5 Å². The number of hydrogen-bond donors (Lipinski definition) is 2. The van der Waals surface area contributed by atoms with Crippen LogP contribution in [0.2, 0.25) is 0 Å². The molecule has 130 valence electrons. The van der Waals surface area contributed by atoms with Crippen molar-refractivity contribution in [1.82, 2.24) is 0 Å². The van der Waals surface area contributed by atoms with Crippen LogP contribution in [0.5, 0.6) is 0 Å². The maximum absolute atomic E-state index is 11.4. The van der Waals surface area contributed by atoms with Gasteiger partial charge < -0.3 is 40.5 Å². The maximum Gasteiger partial charge on any atom is 0.335 e. The molecule has 0 fully saturated rings. The molecule has 0 saturated carbocycles. The average Bonchev–Trinajstić information content (AvgIpc) is 3.24. The predicted molar refractivity (Wildman–Crippen MR) is 87.0 cm³/mol. The molecule has 3 aromatic carbocycles. The molecule has 0 aliphatic heterocycles. The fraction of sp³-hybridized carbons (Fsp3) is 0.0526. The summed E-state index contributed by atoms with van der Waals surface area (Å²) in [5.41, 5.74) is 0.894. The molecule has 4 nitrogen and oxygen atoms in total. The molecule has 0 heterocycles. The minimum absolute atomic E-state index is 0. The van der Waals surface area contributed by atoms with E-state index < -0.39 is 17.9 Å². The summed E-state index contributed by atoms with van der Waals surface area (Å²) in [6.07, 6.45) is 0. The van der Waals surface area contributed by atoms with Gasteiger partial charge in [-0.25, -0.2) is 16.9 Å². The Hall–Kier alpha value is -2.62. The number of carbonyl (C=O) groups is 2. The van der Waals surface area contributed by atoms with Crippen LogP contribution in [0.1, 0.15) is 27.4 Å². The molecule has 0 bridgehead atoms. The molecule has 0 aromatic heterocycles. The first-order chi connectivity index (χ1) is 11.1. The molecule has 0 aliphatic rings. The zero-order valence-corrected chi connectivity index (χ0v) is 13.8. The number of hydrogen-bond acceptors (Lipinski definition) is 2. The summed E-state index contributed by atoms with van der Waals surface area (Å²) in [7, 11) is 0. The monoisotopic (exact) mass is 364 g/mol. The third kappa shape index (κ3) is 4.95. The Bertz CT molecular complexity index is 728. The Labute approximate surface area is 150 Å². The minimum Gasteiger partial charge on any atom is -0.748 e. The molecular weight excluding hydrogens is 348 g/mol. The second kappa shape index (κ2) is 9.50. The van der Waals surface area contributed by atoms with Crippen LogP contribution in [0.4, 0.5) is 0 Å². The fourth-order valence-corrected chi connectivity index (χ4v) is 2.30. The van der Waals surface area contributed by atoms with Gasteiger partial charge in [0.25, 0.3) is 0 Å². The van der Waals surface area contributed by atoms with E-state index in [0.29, 0.717) is 11.1 Å². The van der Waals surface area contributed by atoms with Crippen molar-refractivity contribution < 1.29 is 36.9 Å². The van der Waals surface area contributed by atoms with Crippen molar-refractivity contribution in [3.8, 4) is 0 Å². The van der Waals surface area contributed by atoms with E-state index in [-0.39, 0.29) is 22.6 Å². The first-order valence-electron chi connectivity index (χ1n) is 7.04. The van der Waals surface area contributed by atoms with Crippen molar-refractivity contribution in [3.63, 3.8) is 0 Å². The normalized spacial score (nSPS) is 10.7. The van der Waals surface area contributed by atoms with Crippen molar-refractivity contribution >= 4 is 11.9 Å². The van der Waals surface area contributed by atoms with Crippen molar-refractivity contribution in [3.05, 3.63) is 95.6 Å². The van der Waals surface area contributed by atoms with E-state index in [9.17, 15) is 14.7 Å². The van der Waals surface area contributed by atoms with E-state index in [1.54, 1.807) is 36.4 Å². The molecule has 0 radical (unpaired) electrons. The quantitative estimate of drug-likeness (QED) is 0.547. The second-order valence-corrected chi connectivity index (χ2v) is 4.84. The van der Waals surface area contributed by atoms with Crippen LogP contribution in [-0.2, 0) is 21.9 Å². The third-order valence-electron chi connectivity index (χ3n) is 3.33. The summed E-state index contributed by atoms with van der Waals surface area (Å²) >= 11 is 0. The van der Waals surface area contributed by atoms with Crippen LogP contribution in [0.25, 0.3) is 0 Å². The van der Waals surface area contributed by atoms with E-state index in [2.05, 4.69) is 0 Å². The van der Waals surface area contributed by atoms with Gasteiger partial charge in [0, 0.05) is 17.1 Å². The van der Waals surface area contributed by atoms with Crippen LogP contribution >= 0.6 is 0 Å². The molecular formula is C19H16FeO4-6. The van der Waals surface area contributed by atoms with Gasteiger partial charge in [-0.3, -0.25) is 4.79 Å². The van der Waals surface area contributed by atoms with Crippen LogP contribution < -0.4 is 0 Å². The molecule has 0 amide bonds. The van der Waals surface area contributed by atoms with Crippen LogP contribution in [0.15, 0.2) is 78.9 Å². The van der Waals surface area contributed by atoms with E-state index >= 15 is 0 Å². The smallest absolute Gasteiger partial charge is 0.335 e. The van der Waals surface area contributed by atoms with Gasteiger partial charge >= 0.3 is 11.9 Å². The molecule has 0 spiro atoms. The Kier molecular flexibility index (Phi) is 7.69. The van der Waals surface area contributed by atoms with Gasteiger partial charge in [-0.05, 0) is 11.6 Å². The van der Waals surface area contributed by atoms with E-state index in [1.807, 2.05) is 30.3 Å². The number of rotatable bonds is 4. The molecule has 0 aliphatic carbocycles. The summed E-state index contributed by atoms with van der Waals surface area (Å²) in [4.78, 5) is 22.5. The van der Waals surface area contributed by atoms with Gasteiger partial charge in [-0.2, -0.15) is 12.1 Å². The van der Waals surface area contributed by atoms with Crippen LogP contribution in [0.3, 0.4) is 0 Å². The standard InChI is InChI=1S/C14H11O4.C5H5.Fe/c15-13(16)11-8-4-3-7-10(11)12(14(17)18)9-5-1-2-6-9;1-2-4-5-3-1;/h1-8,12H,(H,15,16)(H,17,18);1-5H;/q-1;-5;. The number of benzene rings is 1. The third-order valence-corrected chi connectivity index (χ3v) is 3.33. The average molecular weight is 364 g/mol. The predicted octanol–water partition coefficient (Wildman–Crippen LogP) is 3.72. The molecule has 3 rings (SSSR count). The van der Waals surface area contributed by atoms with Crippen LogP contribution in [-0.4, -0.2) is 22.2 Å². The molecule has 3 aromatic rings. The fourth-order valence-electron chi connectivity index (χ4n) is 2.30.